The van der Waals surface area contributed by atoms with Crippen molar-refractivity contribution in [2.45, 2.75) is 26.3 Å². The largest absolute Gasteiger partial charge is 0.493 e. The molecule has 0 atom stereocenters. The minimum Gasteiger partial charge on any atom is -0.493 e. The molecule has 0 saturated heterocycles. The molecule has 158 valence electrons. The van der Waals surface area contributed by atoms with E-state index in [0.717, 1.165) is 5.56 Å². The molecule has 0 unspecified atom stereocenters. The molecule has 4 amide bonds. The summed E-state index contributed by atoms with van der Waals surface area (Å²) >= 11 is 0. The molecule has 2 aromatic carbocycles. The molecule has 2 N–H and O–H groups in total. The SMILES string of the molecule is COc1ccc(CCNC(=O)Nc2ccc3c(c2)C(=O)N(C(C)C)C3=O)cc1OC. The Kier molecular flexibility index (Phi) is 6.25. The van der Waals surface area contributed by atoms with E-state index in [4.69, 9.17) is 9.47 Å². The van der Waals surface area contributed by atoms with Crippen molar-refractivity contribution in [2.24, 2.45) is 0 Å². The Morgan fingerprint density at radius 1 is 0.967 bits per heavy atom. The average Bonchev–Trinajstić information content (AvgIpc) is 2.97. The molecule has 0 bridgehead atoms. The van der Waals surface area contributed by atoms with Crippen molar-refractivity contribution in [2.75, 3.05) is 26.1 Å². The predicted octanol–water partition coefficient (Wildman–Crippen LogP) is 3.07. The minimum atomic E-state index is -0.395. The Hall–Kier alpha value is -3.55. The number of ether oxygens (including phenoxy) is 2. The van der Waals surface area contributed by atoms with E-state index in [9.17, 15) is 14.4 Å². The Labute approximate surface area is 175 Å². The van der Waals surface area contributed by atoms with Crippen molar-refractivity contribution >= 4 is 23.5 Å². The Balaban J connectivity index is 1.58. The van der Waals surface area contributed by atoms with E-state index in [0.29, 0.717) is 41.3 Å². The number of anilines is 1. The van der Waals surface area contributed by atoms with Crippen molar-refractivity contribution < 1.29 is 23.9 Å². The highest BCUT2D eigenvalue weighted by atomic mass is 16.5. The number of hydrogen-bond acceptors (Lipinski definition) is 5. The molecule has 8 nitrogen and oxygen atoms in total. The lowest BCUT2D eigenvalue weighted by Gasteiger charge is -2.17. The highest BCUT2D eigenvalue weighted by Crippen LogP contribution is 2.28. The normalized spacial score (nSPS) is 12.8. The van der Waals surface area contributed by atoms with E-state index in [1.165, 1.54) is 11.0 Å². The molecule has 1 aliphatic heterocycles. The third-order valence-electron chi connectivity index (χ3n) is 4.84. The van der Waals surface area contributed by atoms with Crippen LogP contribution in [0.15, 0.2) is 36.4 Å². The van der Waals surface area contributed by atoms with Gasteiger partial charge in [-0.2, -0.15) is 0 Å². The Morgan fingerprint density at radius 2 is 1.67 bits per heavy atom. The highest BCUT2D eigenvalue weighted by Gasteiger charge is 2.37. The first-order valence-corrected chi connectivity index (χ1v) is 9.63. The van der Waals surface area contributed by atoms with Crippen molar-refractivity contribution in [3.8, 4) is 11.5 Å². The molecule has 3 rings (SSSR count). The maximum absolute atomic E-state index is 12.5. The number of carbonyl (C=O) groups excluding carboxylic acids is 3. The monoisotopic (exact) mass is 411 g/mol. The molecule has 0 radical (unpaired) electrons. The molecule has 30 heavy (non-hydrogen) atoms. The molecular weight excluding hydrogens is 386 g/mol. The number of hydrogen-bond donors (Lipinski definition) is 2. The van der Waals surface area contributed by atoms with Crippen LogP contribution < -0.4 is 20.1 Å². The van der Waals surface area contributed by atoms with Gasteiger partial charge in [0, 0.05) is 18.3 Å². The standard InChI is InChI=1S/C22H25N3O5/c1-13(2)25-20(26)16-7-6-15(12-17(16)21(25)27)24-22(28)23-10-9-14-5-8-18(29-3)19(11-14)30-4/h5-8,11-13H,9-10H2,1-4H3,(H2,23,24,28). The summed E-state index contributed by atoms with van der Waals surface area (Å²) in [5, 5.41) is 5.48. The molecular formula is C22H25N3O5. The molecule has 0 saturated carbocycles. The lowest BCUT2D eigenvalue weighted by Crippen LogP contribution is -2.35. The van der Waals surface area contributed by atoms with E-state index in [1.54, 1.807) is 40.2 Å². The molecule has 8 heteroatoms. The molecule has 2 aromatic rings. The van der Waals surface area contributed by atoms with E-state index < -0.39 is 6.03 Å². The number of imide groups is 1. The third kappa shape index (κ3) is 4.22. The second-order valence-electron chi connectivity index (χ2n) is 7.15. The number of rotatable bonds is 7. The van der Waals surface area contributed by atoms with Crippen LogP contribution >= 0.6 is 0 Å². The van der Waals surface area contributed by atoms with Gasteiger partial charge >= 0.3 is 6.03 Å². The van der Waals surface area contributed by atoms with Gasteiger partial charge < -0.3 is 20.1 Å². The third-order valence-corrected chi connectivity index (χ3v) is 4.84. The summed E-state index contributed by atoms with van der Waals surface area (Å²) in [6.45, 7) is 3.98. The molecule has 1 aliphatic rings. The summed E-state index contributed by atoms with van der Waals surface area (Å²) in [6.07, 6.45) is 0.605. The van der Waals surface area contributed by atoms with Crippen LogP contribution in [0.4, 0.5) is 10.5 Å². The summed E-state index contributed by atoms with van der Waals surface area (Å²) in [5.41, 5.74) is 2.09. The zero-order valence-electron chi connectivity index (χ0n) is 17.4. The van der Waals surface area contributed by atoms with Gasteiger partial charge in [-0.1, -0.05) is 6.07 Å². The van der Waals surface area contributed by atoms with E-state index in [2.05, 4.69) is 10.6 Å². The van der Waals surface area contributed by atoms with Crippen molar-refractivity contribution in [3.63, 3.8) is 0 Å². The van der Waals surface area contributed by atoms with Crippen molar-refractivity contribution in [3.05, 3.63) is 53.1 Å². The number of benzene rings is 2. The van der Waals surface area contributed by atoms with Gasteiger partial charge in [0.15, 0.2) is 11.5 Å². The zero-order valence-corrected chi connectivity index (χ0v) is 17.4. The van der Waals surface area contributed by atoms with Gasteiger partial charge in [-0.15, -0.1) is 0 Å². The zero-order chi connectivity index (χ0) is 21.8. The number of urea groups is 1. The van der Waals surface area contributed by atoms with Crippen LogP contribution in [0.2, 0.25) is 0 Å². The Bertz CT molecular complexity index is 987. The van der Waals surface area contributed by atoms with Gasteiger partial charge in [0.1, 0.15) is 0 Å². The van der Waals surface area contributed by atoms with Gasteiger partial charge in [0.05, 0.1) is 25.3 Å². The van der Waals surface area contributed by atoms with Gasteiger partial charge in [-0.05, 0) is 56.2 Å². The van der Waals surface area contributed by atoms with Gasteiger partial charge in [0.2, 0.25) is 0 Å². The number of methoxy groups -OCH3 is 2. The molecule has 0 aromatic heterocycles. The maximum atomic E-state index is 12.5. The summed E-state index contributed by atoms with van der Waals surface area (Å²) in [5.74, 6) is 0.623. The Morgan fingerprint density at radius 3 is 2.33 bits per heavy atom. The molecule has 0 spiro atoms. The number of amides is 4. The smallest absolute Gasteiger partial charge is 0.319 e. The van der Waals surface area contributed by atoms with Crippen LogP contribution in [0.1, 0.15) is 40.1 Å². The van der Waals surface area contributed by atoms with E-state index in [-0.39, 0.29) is 17.9 Å². The van der Waals surface area contributed by atoms with E-state index in [1.807, 2.05) is 18.2 Å². The summed E-state index contributed by atoms with van der Waals surface area (Å²) in [6, 6.07) is 9.68. The summed E-state index contributed by atoms with van der Waals surface area (Å²) in [4.78, 5) is 38.2. The molecule has 0 aliphatic carbocycles. The number of fused-ring (bicyclic) bond motifs is 1. The van der Waals surface area contributed by atoms with Crippen molar-refractivity contribution in [1.29, 1.82) is 0 Å². The first-order chi connectivity index (χ1) is 14.3. The van der Waals surface area contributed by atoms with Crippen LogP contribution in [0.5, 0.6) is 11.5 Å². The fourth-order valence-electron chi connectivity index (χ4n) is 3.34. The molecule has 1 heterocycles. The lowest BCUT2D eigenvalue weighted by molar-refractivity contribution is 0.0609. The van der Waals surface area contributed by atoms with Crippen LogP contribution in [0.3, 0.4) is 0 Å². The predicted molar refractivity (Wildman–Crippen MR) is 112 cm³/mol. The van der Waals surface area contributed by atoms with Gasteiger partial charge in [0.25, 0.3) is 11.8 Å². The maximum Gasteiger partial charge on any atom is 0.319 e. The summed E-state index contributed by atoms with van der Waals surface area (Å²) in [7, 11) is 3.15. The number of nitrogens with one attached hydrogen (secondary N) is 2. The minimum absolute atomic E-state index is 0.228. The number of nitrogens with zero attached hydrogens (tertiary/aromatic N) is 1. The first kappa shape index (κ1) is 21.2. The van der Waals surface area contributed by atoms with Crippen molar-refractivity contribution in [1.82, 2.24) is 10.2 Å². The fraction of sp³-hybridized carbons (Fsp3) is 0.318. The van der Waals surface area contributed by atoms with Crippen LogP contribution in [0, 0.1) is 0 Å². The topological polar surface area (TPSA) is 97.0 Å². The fourth-order valence-corrected chi connectivity index (χ4v) is 3.34. The molecule has 0 fully saturated rings. The average molecular weight is 411 g/mol. The van der Waals surface area contributed by atoms with Gasteiger partial charge in [-0.3, -0.25) is 14.5 Å². The highest BCUT2D eigenvalue weighted by molar-refractivity contribution is 6.22. The van der Waals surface area contributed by atoms with E-state index >= 15 is 0 Å². The number of carbonyl (C=O) groups is 3. The summed E-state index contributed by atoms with van der Waals surface area (Å²) < 4.78 is 10.5. The van der Waals surface area contributed by atoms with Crippen LogP contribution in [0.25, 0.3) is 0 Å². The first-order valence-electron chi connectivity index (χ1n) is 9.63. The van der Waals surface area contributed by atoms with Gasteiger partial charge in [-0.25, -0.2) is 4.79 Å². The van der Waals surface area contributed by atoms with Crippen LogP contribution in [-0.2, 0) is 6.42 Å². The van der Waals surface area contributed by atoms with Crippen LogP contribution in [-0.4, -0.2) is 49.6 Å². The lowest BCUT2D eigenvalue weighted by atomic mass is 10.1. The second kappa shape index (κ2) is 8.86. The second-order valence-corrected chi connectivity index (χ2v) is 7.15. The quantitative estimate of drug-likeness (QED) is 0.683.